The smallest absolute Gasteiger partial charge is 0.227 e. The molecule has 1 aliphatic heterocycles. The minimum Gasteiger partial charge on any atom is -0.496 e. The summed E-state index contributed by atoms with van der Waals surface area (Å²) in [6.45, 7) is 4.57. The SMILES string of the molecule is COc1ccc(Br)cc1CC(=O)N1CCNC[C@H]1C. The molecule has 1 N–H and O–H groups in total. The van der Waals surface area contributed by atoms with Crippen molar-refractivity contribution in [2.24, 2.45) is 0 Å². The molecule has 0 radical (unpaired) electrons. The summed E-state index contributed by atoms with van der Waals surface area (Å²) in [6.07, 6.45) is 0.382. The number of methoxy groups -OCH3 is 1. The summed E-state index contributed by atoms with van der Waals surface area (Å²) in [5, 5.41) is 3.29. The molecule has 19 heavy (non-hydrogen) atoms. The van der Waals surface area contributed by atoms with Gasteiger partial charge in [0.2, 0.25) is 5.91 Å². The number of carbonyl (C=O) groups is 1. The van der Waals surface area contributed by atoms with E-state index < -0.39 is 0 Å². The van der Waals surface area contributed by atoms with Gasteiger partial charge in [-0.25, -0.2) is 0 Å². The van der Waals surface area contributed by atoms with Crippen molar-refractivity contribution >= 4 is 21.8 Å². The van der Waals surface area contributed by atoms with Crippen LogP contribution in [0.15, 0.2) is 22.7 Å². The molecule has 1 aliphatic rings. The number of hydrogen-bond acceptors (Lipinski definition) is 3. The number of amides is 1. The maximum absolute atomic E-state index is 12.4. The Kier molecular flexibility index (Phi) is 4.82. The molecule has 1 heterocycles. The molecule has 0 saturated carbocycles. The molecular formula is C14H19BrN2O2. The Morgan fingerprint density at radius 3 is 3.05 bits per heavy atom. The molecule has 0 aromatic heterocycles. The van der Waals surface area contributed by atoms with Crippen molar-refractivity contribution in [3.8, 4) is 5.75 Å². The Labute approximate surface area is 122 Å². The molecule has 1 aromatic rings. The molecule has 1 aromatic carbocycles. The minimum absolute atomic E-state index is 0.158. The van der Waals surface area contributed by atoms with Crippen LogP contribution in [0.25, 0.3) is 0 Å². The number of ether oxygens (including phenoxy) is 1. The van der Waals surface area contributed by atoms with E-state index in [1.54, 1.807) is 7.11 Å². The molecule has 1 saturated heterocycles. The van der Waals surface area contributed by atoms with E-state index in [9.17, 15) is 4.79 Å². The zero-order valence-electron chi connectivity index (χ0n) is 11.3. The lowest BCUT2D eigenvalue weighted by Gasteiger charge is -2.34. The summed E-state index contributed by atoms with van der Waals surface area (Å²) in [7, 11) is 1.63. The first kappa shape index (κ1) is 14.3. The van der Waals surface area contributed by atoms with Gasteiger partial charge in [-0.3, -0.25) is 4.79 Å². The van der Waals surface area contributed by atoms with Crippen molar-refractivity contribution in [2.75, 3.05) is 26.7 Å². The topological polar surface area (TPSA) is 41.6 Å². The van der Waals surface area contributed by atoms with Crippen molar-refractivity contribution < 1.29 is 9.53 Å². The second-order valence-electron chi connectivity index (χ2n) is 4.77. The van der Waals surface area contributed by atoms with Gasteiger partial charge < -0.3 is 15.0 Å². The Morgan fingerprint density at radius 1 is 1.58 bits per heavy atom. The van der Waals surface area contributed by atoms with Crippen molar-refractivity contribution in [1.82, 2.24) is 10.2 Å². The fourth-order valence-electron chi connectivity index (χ4n) is 2.36. The number of carbonyl (C=O) groups excluding carboxylic acids is 1. The van der Waals surface area contributed by atoms with Crippen LogP contribution in [0.2, 0.25) is 0 Å². The van der Waals surface area contributed by atoms with Gasteiger partial charge in [-0.1, -0.05) is 15.9 Å². The van der Waals surface area contributed by atoms with Crippen LogP contribution >= 0.6 is 15.9 Å². The fourth-order valence-corrected chi connectivity index (χ4v) is 2.77. The molecule has 104 valence electrons. The lowest BCUT2D eigenvalue weighted by Crippen LogP contribution is -2.52. The lowest BCUT2D eigenvalue weighted by atomic mass is 10.1. The summed E-state index contributed by atoms with van der Waals surface area (Å²) in [6, 6.07) is 6.00. The molecule has 1 amide bonds. The molecule has 1 fully saturated rings. The first-order valence-electron chi connectivity index (χ1n) is 6.44. The average molecular weight is 327 g/mol. The highest BCUT2D eigenvalue weighted by molar-refractivity contribution is 9.10. The summed E-state index contributed by atoms with van der Waals surface area (Å²) in [5.41, 5.74) is 0.924. The zero-order chi connectivity index (χ0) is 13.8. The van der Waals surface area contributed by atoms with Crippen LogP contribution in [-0.2, 0) is 11.2 Å². The number of benzene rings is 1. The van der Waals surface area contributed by atoms with Gasteiger partial charge in [-0.2, -0.15) is 0 Å². The van der Waals surface area contributed by atoms with E-state index in [0.717, 1.165) is 35.4 Å². The lowest BCUT2D eigenvalue weighted by molar-refractivity contribution is -0.133. The van der Waals surface area contributed by atoms with E-state index in [0.29, 0.717) is 6.42 Å². The molecule has 0 bridgehead atoms. The van der Waals surface area contributed by atoms with Crippen LogP contribution in [0.4, 0.5) is 0 Å². The van der Waals surface area contributed by atoms with Crippen LogP contribution in [0.1, 0.15) is 12.5 Å². The third-order valence-electron chi connectivity index (χ3n) is 3.41. The molecular weight excluding hydrogens is 308 g/mol. The fraction of sp³-hybridized carbons (Fsp3) is 0.500. The predicted molar refractivity (Wildman–Crippen MR) is 78.4 cm³/mol. The Hall–Kier alpha value is -1.07. The Bertz CT molecular complexity index is 465. The monoisotopic (exact) mass is 326 g/mol. The van der Waals surface area contributed by atoms with E-state index in [2.05, 4.69) is 28.2 Å². The van der Waals surface area contributed by atoms with Crippen LogP contribution in [-0.4, -0.2) is 43.6 Å². The van der Waals surface area contributed by atoms with E-state index in [1.807, 2.05) is 23.1 Å². The van der Waals surface area contributed by atoms with E-state index in [4.69, 9.17) is 4.74 Å². The van der Waals surface area contributed by atoms with Gasteiger partial charge in [-0.05, 0) is 25.1 Å². The largest absolute Gasteiger partial charge is 0.496 e. The molecule has 2 rings (SSSR count). The zero-order valence-corrected chi connectivity index (χ0v) is 12.9. The van der Waals surface area contributed by atoms with Crippen LogP contribution < -0.4 is 10.1 Å². The molecule has 4 nitrogen and oxygen atoms in total. The standard InChI is InChI=1S/C14H19BrN2O2/c1-10-9-16-5-6-17(10)14(18)8-11-7-12(15)3-4-13(11)19-2/h3-4,7,10,16H,5-6,8-9H2,1-2H3/t10-/m1/s1. The normalized spacial score (nSPS) is 19.3. The summed E-state index contributed by atoms with van der Waals surface area (Å²) in [4.78, 5) is 14.3. The van der Waals surface area contributed by atoms with Gasteiger partial charge in [0.1, 0.15) is 5.75 Å². The molecule has 5 heteroatoms. The van der Waals surface area contributed by atoms with Gasteiger partial charge in [0.25, 0.3) is 0 Å². The number of piperazine rings is 1. The van der Waals surface area contributed by atoms with Crippen LogP contribution in [0, 0.1) is 0 Å². The predicted octanol–water partition coefficient (Wildman–Crippen LogP) is 1.82. The van der Waals surface area contributed by atoms with Crippen molar-refractivity contribution in [3.63, 3.8) is 0 Å². The number of rotatable bonds is 3. The van der Waals surface area contributed by atoms with Gasteiger partial charge in [-0.15, -0.1) is 0 Å². The van der Waals surface area contributed by atoms with Crippen molar-refractivity contribution in [1.29, 1.82) is 0 Å². The first-order valence-corrected chi connectivity index (χ1v) is 7.23. The highest BCUT2D eigenvalue weighted by Gasteiger charge is 2.23. The van der Waals surface area contributed by atoms with E-state index >= 15 is 0 Å². The molecule has 0 aliphatic carbocycles. The highest BCUT2D eigenvalue weighted by Crippen LogP contribution is 2.24. The highest BCUT2D eigenvalue weighted by atomic mass is 79.9. The minimum atomic E-state index is 0.158. The average Bonchev–Trinajstić information content (AvgIpc) is 2.39. The molecule has 0 spiro atoms. The maximum Gasteiger partial charge on any atom is 0.227 e. The summed E-state index contributed by atoms with van der Waals surface area (Å²) >= 11 is 3.43. The van der Waals surface area contributed by atoms with Crippen LogP contribution in [0.3, 0.4) is 0 Å². The maximum atomic E-state index is 12.4. The number of nitrogens with one attached hydrogen (secondary N) is 1. The van der Waals surface area contributed by atoms with Crippen LogP contribution in [0.5, 0.6) is 5.75 Å². The summed E-state index contributed by atoms with van der Waals surface area (Å²) < 4.78 is 6.27. The first-order chi connectivity index (χ1) is 9.11. The molecule has 0 unspecified atom stereocenters. The third-order valence-corrected chi connectivity index (χ3v) is 3.90. The second-order valence-corrected chi connectivity index (χ2v) is 5.69. The van der Waals surface area contributed by atoms with Gasteiger partial charge in [0.15, 0.2) is 0 Å². The quantitative estimate of drug-likeness (QED) is 0.921. The van der Waals surface area contributed by atoms with Gasteiger partial charge >= 0.3 is 0 Å². The number of halogens is 1. The Balaban J connectivity index is 2.11. The number of hydrogen-bond donors (Lipinski definition) is 1. The van der Waals surface area contributed by atoms with Crippen molar-refractivity contribution in [2.45, 2.75) is 19.4 Å². The van der Waals surface area contributed by atoms with Gasteiger partial charge in [0, 0.05) is 35.7 Å². The number of nitrogens with zero attached hydrogens (tertiary/aromatic N) is 1. The van der Waals surface area contributed by atoms with Crippen molar-refractivity contribution in [3.05, 3.63) is 28.2 Å². The summed E-state index contributed by atoms with van der Waals surface area (Å²) in [5.74, 6) is 0.921. The third kappa shape index (κ3) is 3.48. The van der Waals surface area contributed by atoms with E-state index in [1.165, 1.54) is 0 Å². The second kappa shape index (κ2) is 6.39. The molecule has 1 atom stereocenters. The van der Waals surface area contributed by atoms with Gasteiger partial charge in [0.05, 0.1) is 13.5 Å². The Morgan fingerprint density at radius 2 is 2.37 bits per heavy atom. The van der Waals surface area contributed by atoms with E-state index in [-0.39, 0.29) is 11.9 Å².